The molecular formula is C30H31N3O10. The zero-order valence-corrected chi connectivity index (χ0v) is 23.6. The van der Waals surface area contributed by atoms with Crippen molar-refractivity contribution in [2.75, 3.05) is 13.1 Å². The van der Waals surface area contributed by atoms with Crippen LogP contribution in [0.1, 0.15) is 55.4 Å². The van der Waals surface area contributed by atoms with Gasteiger partial charge in [-0.1, -0.05) is 13.8 Å². The van der Waals surface area contributed by atoms with Gasteiger partial charge in [-0.25, -0.2) is 9.78 Å². The predicted octanol–water partition coefficient (Wildman–Crippen LogP) is 2.18. The van der Waals surface area contributed by atoms with Crippen molar-refractivity contribution in [3.8, 4) is 17.1 Å². The lowest BCUT2D eigenvalue weighted by Gasteiger charge is -2.37. The molecule has 0 spiro atoms. The summed E-state index contributed by atoms with van der Waals surface area (Å²) in [6.07, 6.45) is -1.92. The molecule has 2 aromatic heterocycles. The van der Waals surface area contributed by atoms with Gasteiger partial charge in [0.25, 0.3) is 5.56 Å². The Bertz CT molecular complexity index is 1740. The highest BCUT2D eigenvalue weighted by Gasteiger charge is 2.49. The van der Waals surface area contributed by atoms with Gasteiger partial charge in [0.05, 0.1) is 30.1 Å². The number of carboxylic acid groups (broad SMARTS) is 2. The van der Waals surface area contributed by atoms with Crippen LogP contribution in [0.15, 0.2) is 29.1 Å². The first-order valence-electron chi connectivity index (χ1n) is 14.1. The van der Waals surface area contributed by atoms with Crippen LogP contribution in [0.4, 0.5) is 4.79 Å². The number of amides is 1. The Balaban J connectivity index is 1.32. The smallest absolute Gasteiger partial charge is 0.415 e. The van der Waals surface area contributed by atoms with Crippen molar-refractivity contribution in [2.45, 2.75) is 64.6 Å². The molecule has 0 bridgehead atoms. The third-order valence-electron chi connectivity index (χ3n) is 9.19. The van der Waals surface area contributed by atoms with Gasteiger partial charge in [-0.05, 0) is 55.5 Å². The fourth-order valence-electron chi connectivity index (χ4n) is 6.48. The molecule has 1 fully saturated rings. The molecular weight excluding hydrogens is 562 g/mol. The maximum atomic E-state index is 13.6. The number of pyridine rings is 2. The van der Waals surface area contributed by atoms with E-state index in [4.69, 9.17) is 14.5 Å². The Hall–Kier alpha value is -4.33. The van der Waals surface area contributed by atoms with Crippen molar-refractivity contribution in [1.82, 2.24) is 14.5 Å². The lowest BCUT2D eigenvalue weighted by Crippen LogP contribution is -2.51. The molecule has 13 nitrogen and oxygen atoms in total. The molecule has 1 aromatic carbocycles. The number of nitrogens with zero attached hydrogens (tertiary/aromatic N) is 3. The predicted molar refractivity (Wildman–Crippen MR) is 149 cm³/mol. The third kappa shape index (κ3) is 4.21. The van der Waals surface area contributed by atoms with Crippen LogP contribution >= 0.6 is 0 Å². The molecule has 43 heavy (non-hydrogen) atoms. The zero-order chi connectivity index (χ0) is 30.8. The number of piperidine rings is 1. The summed E-state index contributed by atoms with van der Waals surface area (Å²) in [6, 6.07) is 6.69. The number of aromatic nitrogens is 2. The number of carbonyl (C=O) groups is 3. The van der Waals surface area contributed by atoms with Crippen LogP contribution in [-0.2, 0) is 39.5 Å². The first-order chi connectivity index (χ1) is 20.4. The molecule has 5 heterocycles. The van der Waals surface area contributed by atoms with E-state index >= 15 is 0 Å². The summed E-state index contributed by atoms with van der Waals surface area (Å²) in [5.41, 5.74) is 0.133. The summed E-state index contributed by atoms with van der Waals surface area (Å²) in [7, 11) is 0. The normalized spacial score (nSPS) is 22.0. The summed E-state index contributed by atoms with van der Waals surface area (Å²) in [5.74, 6) is -2.61. The second-order valence-corrected chi connectivity index (χ2v) is 11.3. The number of ether oxygens (including phenoxy) is 2. The topological polar surface area (TPSA) is 189 Å². The molecule has 1 amide bonds. The third-order valence-corrected chi connectivity index (χ3v) is 9.19. The van der Waals surface area contributed by atoms with E-state index in [0.29, 0.717) is 34.5 Å². The van der Waals surface area contributed by atoms with Crippen LogP contribution in [0.2, 0.25) is 0 Å². The summed E-state index contributed by atoms with van der Waals surface area (Å²) in [6.45, 7) is 3.65. The van der Waals surface area contributed by atoms with Gasteiger partial charge >= 0.3 is 18.0 Å². The number of benzene rings is 1. The number of aliphatic carboxylic acids is 2. The van der Waals surface area contributed by atoms with Gasteiger partial charge < -0.3 is 39.4 Å². The van der Waals surface area contributed by atoms with Crippen molar-refractivity contribution in [3.05, 3.63) is 56.9 Å². The van der Waals surface area contributed by atoms with Crippen molar-refractivity contribution in [3.63, 3.8) is 0 Å². The van der Waals surface area contributed by atoms with E-state index in [1.54, 1.807) is 35.8 Å². The highest BCUT2D eigenvalue weighted by molar-refractivity contribution is 5.98. The lowest BCUT2D eigenvalue weighted by molar-refractivity contribution is -0.236. The highest BCUT2D eigenvalue weighted by atomic mass is 16.6. The SMILES string of the molecule is CCc1c2c(nc3ccc(OC(=O)N4CCC(C(=O)O)(C(=O)O)CC4)cc13)-c1cc3c(c(=O)n1C2)COC(O)[C@]3(O)CC. The minimum Gasteiger partial charge on any atom is -0.480 e. The number of carbonyl (C=O) groups excluding carboxylic acids is 1. The monoisotopic (exact) mass is 593 g/mol. The zero-order valence-electron chi connectivity index (χ0n) is 23.6. The first-order valence-corrected chi connectivity index (χ1v) is 14.1. The molecule has 0 radical (unpaired) electrons. The molecule has 226 valence electrons. The summed E-state index contributed by atoms with van der Waals surface area (Å²) < 4.78 is 12.5. The van der Waals surface area contributed by atoms with Crippen LogP contribution in [0.5, 0.6) is 5.75 Å². The Kier molecular flexibility index (Phi) is 6.79. The van der Waals surface area contributed by atoms with Crippen LogP contribution in [0.25, 0.3) is 22.3 Å². The van der Waals surface area contributed by atoms with Crippen molar-refractivity contribution < 1.29 is 44.3 Å². The number of aliphatic hydroxyl groups excluding tert-OH is 1. The number of likely N-dealkylation sites (tertiary alicyclic amines) is 1. The molecule has 3 aliphatic heterocycles. The second-order valence-electron chi connectivity index (χ2n) is 11.3. The Morgan fingerprint density at radius 1 is 1.09 bits per heavy atom. The van der Waals surface area contributed by atoms with E-state index < -0.39 is 35.3 Å². The molecule has 0 aliphatic carbocycles. The lowest BCUT2D eigenvalue weighted by atomic mass is 9.78. The van der Waals surface area contributed by atoms with Gasteiger partial charge in [0.2, 0.25) is 0 Å². The molecule has 0 saturated carbocycles. The number of rotatable bonds is 5. The number of aryl methyl sites for hydroxylation is 1. The maximum absolute atomic E-state index is 13.6. The van der Waals surface area contributed by atoms with E-state index in [9.17, 15) is 39.6 Å². The van der Waals surface area contributed by atoms with Gasteiger partial charge in [0, 0.05) is 35.2 Å². The quantitative estimate of drug-likeness (QED) is 0.248. The van der Waals surface area contributed by atoms with E-state index in [1.165, 1.54) is 4.90 Å². The van der Waals surface area contributed by atoms with Crippen molar-refractivity contribution in [2.24, 2.45) is 5.41 Å². The van der Waals surface area contributed by atoms with E-state index in [2.05, 4.69) is 0 Å². The molecule has 1 unspecified atom stereocenters. The molecule has 3 aromatic rings. The van der Waals surface area contributed by atoms with Gasteiger partial charge in [0.15, 0.2) is 11.7 Å². The van der Waals surface area contributed by atoms with Gasteiger partial charge in [-0.15, -0.1) is 0 Å². The fraction of sp³-hybridized carbons (Fsp3) is 0.433. The van der Waals surface area contributed by atoms with Crippen LogP contribution in [-0.4, -0.2) is 72.3 Å². The molecule has 2 atom stereocenters. The van der Waals surface area contributed by atoms with Gasteiger partial charge in [-0.3, -0.25) is 14.4 Å². The molecule has 3 aliphatic rings. The molecule has 6 rings (SSSR count). The van der Waals surface area contributed by atoms with E-state index in [1.807, 2.05) is 6.92 Å². The first kappa shape index (κ1) is 28.8. The highest BCUT2D eigenvalue weighted by Crippen LogP contribution is 2.42. The minimum absolute atomic E-state index is 0.0769. The largest absolute Gasteiger partial charge is 0.480 e. The van der Waals surface area contributed by atoms with Gasteiger partial charge in [-0.2, -0.15) is 0 Å². The molecule has 4 N–H and O–H groups in total. The fourth-order valence-corrected chi connectivity index (χ4v) is 6.48. The van der Waals surface area contributed by atoms with Crippen LogP contribution in [0, 0.1) is 5.41 Å². The number of hydrogen-bond acceptors (Lipinski definition) is 9. The second kappa shape index (κ2) is 10.1. The summed E-state index contributed by atoms with van der Waals surface area (Å²) >= 11 is 0. The van der Waals surface area contributed by atoms with Crippen molar-refractivity contribution >= 4 is 28.9 Å². The maximum Gasteiger partial charge on any atom is 0.415 e. The summed E-state index contributed by atoms with van der Waals surface area (Å²) in [4.78, 5) is 55.8. The number of hydrogen-bond donors (Lipinski definition) is 4. The minimum atomic E-state index is -1.93. The molecule has 13 heteroatoms. The number of carboxylic acids is 2. The van der Waals surface area contributed by atoms with Crippen LogP contribution < -0.4 is 10.3 Å². The van der Waals surface area contributed by atoms with E-state index in [0.717, 1.165) is 16.5 Å². The average molecular weight is 594 g/mol. The molecule has 1 saturated heterocycles. The number of aliphatic hydroxyl groups is 2. The van der Waals surface area contributed by atoms with Crippen LogP contribution in [0.3, 0.4) is 0 Å². The summed E-state index contributed by atoms with van der Waals surface area (Å²) in [5, 5.41) is 41.2. The Labute approximate surface area is 244 Å². The Morgan fingerprint density at radius 3 is 2.42 bits per heavy atom. The number of fused-ring (bicyclic) bond motifs is 5. The van der Waals surface area contributed by atoms with Gasteiger partial charge in [0.1, 0.15) is 11.4 Å². The standard InChI is InChI=1S/C30H31N3O10/c1-3-16-17-11-15(43-28(40)32-9-7-29(8-10-32,25(35)36)26(37)38)5-6-21(17)31-23-18(16)13-33-22(23)12-20-19(24(33)34)14-42-27(39)30(20,41)4-2/h5-6,11-12,27,39,41H,3-4,7-10,13-14H2,1-2H3,(H,35,36)(H,37,38)/t27?,30-/m0/s1. The Morgan fingerprint density at radius 2 is 1.79 bits per heavy atom. The average Bonchev–Trinajstić information content (AvgIpc) is 3.36. The van der Waals surface area contributed by atoms with Crippen molar-refractivity contribution in [1.29, 1.82) is 0 Å². The van der Waals surface area contributed by atoms with E-state index in [-0.39, 0.29) is 56.8 Å².